The summed E-state index contributed by atoms with van der Waals surface area (Å²) >= 11 is 0. The van der Waals surface area contributed by atoms with Crippen molar-refractivity contribution in [3.8, 4) is 5.75 Å². The number of H-pyrrole nitrogens is 1. The summed E-state index contributed by atoms with van der Waals surface area (Å²) in [5.41, 5.74) is 6.89. The Morgan fingerprint density at radius 3 is 1.76 bits per heavy atom. The molecule has 2 rings (SSSR count). The molecule has 0 spiro atoms. The second kappa shape index (κ2) is 15.6. The first-order valence-electron chi connectivity index (χ1n) is 12.4. The topological polar surface area (TPSA) is 274 Å². The van der Waals surface area contributed by atoms with Gasteiger partial charge in [-0.3, -0.25) is 24.0 Å². The van der Waals surface area contributed by atoms with Crippen LogP contribution < -0.4 is 21.7 Å². The number of hydrogen-bond donors (Lipinski definition) is 9. The van der Waals surface area contributed by atoms with Gasteiger partial charge >= 0.3 is 17.9 Å². The largest absolute Gasteiger partial charge is 0.508 e. The average molecular weight is 577 g/mol. The van der Waals surface area contributed by atoms with Gasteiger partial charge in [-0.25, -0.2) is 9.78 Å². The van der Waals surface area contributed by atoms with Crippen LogP contribution in [0.5, 0.6) is 5.75 Å². The van der Waals surface area contributed by atoms with Gasteiger partial charge in [0.1, 0.15) is 23.9 Å². The lowest BCUT2D eigenvalue weighted by Gasteiger charge is -2.25. The fourth-order valence-corrected chi connectivity index (χ4v) is 3.69. The third-order valence-corrected chi connectivity index (χ3v) is 5.88. The Morgan fingerprint density at radius 2 is 1.29 bits per heavy atom. The molecular weight excluding hydrogens is 544 g/mol. The van der Waals surface area contributed by atoms with Crippen molar-refractivity contribution in [2.24, 2.45) is 5.73 Å². The lowest BCUT2D eigenvalue weighted by molar-refractivity contribution is -0.143. The maximum absolute atomic E-state index is 13.1. The van der Waals surface area contributed by atoms with Crippen molar-refractivity contribution >= 4 is 35.6 Å². The molecule has 0 saturated heterocycles. The maximum atomic E-state index is 13.1. The number of phenolic OH excluding ortho intramolecular Hbond substituents is 1. The Balaban J connectivity index is 2.16. The molecular formula is C25H32N6O10. The molecule has 222 valence electrons. The van der Waals surface area contributed by atoms with Gasteiger partial charge in [-0.05, 0) is 30.5 Å². The summed E-state index contributed by atoms with van der Waals surface area (Å²) in [7, 11) is 0. The van der Waals surface area contributed by atoms with Gasteiger partial charge in [0.2, 0.25) is 17.7 Å². The highest BCUT2D eigenvalue weighted by Gasteiger charge is 2.31. The zero-order valence-corrected chi connectivity index (χ0v) is 21.8. The molecule has 0 aliphatic carbocycles. The number of nitrogens with zero attached hydrogens (tertiary/aromatic N) is 1. The van der Waals surface area contributed by atoms with E-state index in [1.807, 2.05) is 0 Å². The van der Waals surface area contributed by atoms with Gasteiger partial charge in [-0.15, -0.1) is 0 Å². The van der Waals surface area contributed by atoms with Crippen molar-refractivity contribution in [2.45, 2.75) is 62.7 Å². The highest BCUT2D eigenvalue weighted by Crippen LogP contribution is 2.12. The van der Waals surface area contributed by atoms with Crippen molar-refractivity contribution in [3.63, 3.8) is 0 Å². The molecule has 3 amide bonds. The average Bonchev–Trinajstić information content (AvgIpc) is 3.42. The van der Waals surface area contributed by atoms with Gasteiger partial charge in [0.05, 0.1) is 12.4 Å². The van der Waals surface area contributed by atoms with Crippen molar-refractivity contribution in [1.82, 2.24) is 25.9 Å². The molecule has 1 aromatic carbocycles. The number of carboxylic acids is 3. The zero-order valence-electron chi connectivity index (χ0n) is 21.8. The standard InChI is InChI=1S/C25H32N6O10/c26-16(10-14-11-27-12-28-14)22(37)29-17(5-7-20(33)34)23(38)30-18(6-8-21(35)36)24(39)31-19(25(40)41)9-13-1-3-15(32)4-2-13/h1-4,11-12,16-19,32H,5-10,26H2,(H,27,28)(H,29,37)(H,30,38)(H,31,39)(H,33,34)(H,35,36)(H,40,41). The number of rotatable bonds is 17. The number of phenols is 1. The fourth-order valence-electron chi connectivity index (χ4n) is 3.69. The van der Waals surface area contributed by atoms with Crippen LogP contribution in [0.1, 0.15) is 36.9 Å². The van der Waals surface area contributed by atoms with Crippen LogP contribution in [-0.2, 0) is 41.6 Å². The first-order chi connectivity index (χ1) is 19.3. The van der Waals surface area contributed by atoms with Gasteiger partial charge in [-0.1, -0.05) is 12.1 Å². The van der Waals surface area contributed by atoms with E-state index in [9.17, 15) is 39.0 Å². The molecule has 41 heavy (non-hydrogen) atoms. The van der Waals surface area contributed by atoms with Gasteiger partial charge in [0.25, 0.3) is 0 Å². The van der Waals surface area contributed by atoms with E-state index in [0.717, 1.165) is 0 Å². The number of benzene rings is 1. The molecule has 0 fully saturated rings. The SMILES string of the molecule is NC(Cc1cnc[nH]1)C(=O)NC(CCC(=O)O)C(=O)NC(CCC(=O)O)C(=O)NC(Cc1ccc(O)cc1)C(=O)O. The summed E-state index contributed by atoms with van der Waals surface area (Å²) in [4.78, 5) is 79.4. The smallest absolute Gasteiger partial charge is 0.326 e. The zero-order chi connectivity index (χ0) is 30.5. The van der Waals surface area contributed by atoms with Crippen LogP contribution in [-0.4, -0.2) is 90.2 Å². The van der Waals surface area contributed by atoms with Crippen molar-refractivity contribution in [2.75, 3.05) is 0 Å². The first-order valence-corrected chi connectivity index (χ1v) is 12.4. The molecule has 1 aromatic heterocycles. The van der Waals surface area contributed by atoms with E-state index in [2.05, 4.69) is 25.9 Å². The third-order valence-electron chi connectivity index (χ3n) is 5.88. The summed E-state index contributed by atoms with van der Waals surface area (Å²) in [5.74, 6) is -6.82. The van der Waals surface area contributed by atoms with Gasteiger partial charge < -0.3 is 47.1 Å². The molecule has 0 radical (unpaired) electrons. The molecule has 0 bridgehead atoms. The predicted molar refractivity (Wildman–Crippen MR) is 139 cm³/mol. The Morgan fingerprint density at radius 1 is 0.780 bits per heavy atom. The second-order valence-electron chi connectivity index (χ2n) is 9.14. The van der Waals surface area contributed by atoms with E-state index in [1.54, 1.807) is 0 Å². The highest BCUT2D eigenvalue weighted by molar-refractivity contribution is 5.94. The molecule has 16 nitrogen and oxygen atoms in total. The van der Waals surface area contributed by atoms with Crippen LogP contribution in [0.2, 0.25) is 0 Å². The van der Waals surface area contributed by atoms with E-state index in [-0.39, 0.29) is 25.0 Å². The molecule has 2 aromatic rings. The lowest BCUT2D eigenvalue weighted by atomic mass is 10.0. The monoisotopic (exact) mass is 576 g/mol. The van der Waals surface area contributed by atoms with E-state index in [1.165, 1.54) is 36.8 Å². The van der Waals surface area contributed by atoms with Crippen LogP contribution in [0.4, 0.5) is 0 Å². The first kappa shape index (κ1) is 32.2. The van der Waals surface area contributed by atoms with Gasteiger partial charge in [-0.2, -0.15) is 0 Å². The number of aromatic hydroxyl groups is 1. The Kier molecular flexibility index (Phi) is 12.2. The summed E-state index contributed by atoms with van der Waals surface area (Å²) in [6, 6.07) is -0.0439. The number of imidazole rings is 1. The lowest BCUT2D eigenvalue weighted by Crippen LogP contribution is -2.57. The minimum absolute atomic E-state index is 0.0281. The van der Waals surface area contributed by atoms with Crippen LogP contribution in [0.15, 0.2) is 36.8 Å². The Bertz CT molecular complexity index is 1220. The van der Waals surface area contributed by atoms with Gasteiger partial charge in [0.15, 0.2) is 0 Å². The number of nitrogens with one attached hydrogen (secondary N) is 4. The quantitative estimate of drug-likeness (QED) is 0.104. The predicted octanol–water partition coefficient (Wildman–Crippen LogP) is -1.50. The number of carboxylic acid groups (broad SMARTS) is 3. The minimum Gasteiger partial charge on any atom is -0.508 e. The Labute approximate surface area is 233 Å². The number of carbonyl (C=O) groups is 6. The van der Waals surface area contributed by atoms with Crippen LogP contribution in [0.25, 0.3) is 0 Å². The van der Waals surface area contributed by atoms with E-state index in [0.29, 0.717) is 11.3 Å². The van der Waals surface area contributed by atoms with Crippen molar-refractivity contribution in [1.29, 1.82) is 0 Å². The number of amides is 3. The molecule has 1 heterocycles. The number of aromatic nitrogens is 2. The van der Waals surface area contributed by atoms with Crippen LogP contribution in [0, 0.1) is 0 Å². The minimum atomic E-state index is -1.54. The van der Waals surface area contributed by atoms with Crippen LogP contribution in [0.3, 0.4) is 0 Å². The van der Waals surface area contributed by atoms with E-state index >= 15 is 0 Å². The van der Waals surface area contributed by atoms with Crippen molar-refractivity contribution in [3.05, 3.63) is 48.0 Å². The number of aromatic amines is 1. The number of aliphatic carboxylic acids is 3. The second-order valence-corrected chi connectivity index (χ2v) is 9.14. The maximum Gasteiger partial charge on any atom is 0.326 e. The van der Waals surface area contributed by atoms with Crippen molar-refractivity contribution < 1.29 is 49.2 Å². The van der Waals surface area contributed by atoms with E-state index in [4.69, 9.17) is 15.9 Å². The number of carbonyl (C=O) groups excluding carboxylic acids is 3. The molecule has 0 aliphatic rings. The Hall–Kier alpha value is -4.99. The number of nitrogens with two attached hydrogens (primary N) is 1. The normalized spacial score (nSPS) is 13.7. The third kappa shape index (κ3) is 11.3. The molecule has 0 saturated carbocycles. The summed E-state index contributed by atoms with van der Waals surface area (Å²) in [6.45, 7) is 0. The molecule has 16 heteroatoms. The fraction of sp³-hybridized carbons (Fsp3) is 0.400. The highest BCUT2D eigenvalue weighted by atomic mass is 16.4. The van der Waals surface area contributed by atoms with Gasteiger partial charge in [0, 0.05) is 37.6 Å². The summed E-state index contributed by atoms with van der Waals surface area (Å²) in [6.07, 6.45) is 0.743. The molecule has 4 unspecified atom stereocenters. The molecule has 0 aliphatic heterocycles. The summed E-state index contributed by atoms with van der Waals surface area (Å²) in [5, 5.41) is 44.1. The van der Waals surface area contributed by atoms with Crippen LogP contribution >= 0.6 is 0 Å². The number of hydrogen-bond acceptors (Lipinski definition) is 9. The molecule has 10 N–H and O–H groups in total. The van der Waals surface area contributed by atoms with E-state index < -0.39 is 79.1 Å². The molecule has 4 atom stereocenters. The summed E-state index contributed by atoms with van der Waals surface area (Å²) < 4.78 is 0.